The lowest BCUT2D eigenvalue weighted by Gasteiger charge is -2.14. The number of rotatable bonds is 5. The third kappa shape index (κ3) is 3.86. The van der Waals surface area contributed by atoms with Crippen molar-refractivity contribution in [2.24, 2.45) is 0 Å². The van der Waals surface area contributed by atoms with Crippen molar-refractivity contribution < 1.29 is 4.79 Å². The van der Waals surface area contributed by atoms with Crippen molar-refractivity contribution in [2.75, 3.05) is 5.32 Å². The van der Waals surface area contributed by atoms with Crippen molar-refractivity contribution in [1.82, 2.24) is 5.32 Å². The van der Waals surface area contributed by atoms with E-state index in [1.807, 2.05) is 24.3 Å². The molecule has 2 aromatic rings. The SMILES string of the molecule is CC(Nc1ccc(C(=O)NC2CC2)cc1)c1ccc(Br)s1. The standard InChI is InChI=1S/C16H17BrN2OS/c1-10(14-8-9-15(17)21-14)18-12-4-2-11(3-5-12)16(20)19-13-6-7-13/h2-5,8-10,13,18H,6-7H2,1H3,(H,19,20). The predicted octanol–water partition coefficient (Wildman–Crippen LogP) is 4.58. The van der Waals surface area contributed by atoms with E-state index < -0.39 is 0 Å². The van der Waals surface area contributed by atoms with Crippen LogP contribution in [0.5, 0.6) is 0 Å². The fourth-order valence-corrected chi connectivity index (χ4v) is 3.52. The molecule has 0 saturated heterocycles. The Hall–Kier alpha value is -1.33. The Morgan fingerprint density at radius 2 is 1.95 bits per heavy atom. The van der Waals surface area contributed by atoms with Crippen LogP contribution in [0.2, 0.25) is 0 Å². The normalized spacial score (nSPS) is 15.5. The number of hydrogen-bond acceptors (Lipinski definition) is 3. The fraction of sp³-hybridized carbons (Fsp3) is 0.312. The first-order valence-corrected chi connectivity index (χ1v) is 8.65. The molecule has 1 aromatic heterocycles. The van der Waals surface area contributed by atoms with Crippen molar-refractivity contribution in [2.45, 2.75) is 31.8 Å². The maximum Gasteiger partial charge on any atom is 0.251 e. The Kier molecular flexibility index (Phi) is 4.31. The maximum atomic E-state index is 11.9. The topological polar surface area (TPSA) is 41.1 Å². The molecular formula is C16H17BrN2OS. The molecule has 1 atom stereocenters. The van der Waals surface area contributed by atoms with Crippen molar-refractivity contribution in [3.63, 3.8) is 0 Å². The molecule has 110 valence electrons. The molecule has 5 heteroatoms. The van der Waals surface area contributed by atoms with E-state index in [-0.39, 0.29) is 11.9 Å². The summed E-state index contributed by atoms with van der Waals surface area (Å²) in [7, 11) is 0. The number of hydrogen-bond donors (Lipinski definition) is 2. The van der Waals surface area contributed by atoms with E-state index in [0.29, 0.717) is 6.04 Å². The molecule has 2 N–H and O–H groups in total. The number of carbonyl (C=O) groups excluding carboxylic acids is 1. The molecule has 3 rings (SSSR count). The van der Waals surface area contributed by atoms with Gasteiger partial charge < -0.3 is 10.6 Å². The highest BCUT2D eigenvalue weighted by molar-refractivity contribution is 9.11. The summed E-state index contributed by atoms with van der Waals surface area (Å²) in [5.41, 5.74) is 1.74. The van der Waals surface area contributed by atoms with Crippen LogP contribution in [0, 0.1) is 0 Å². The van der Waals surface area contributed by atoms with Gasteiger partial charge in [-0.05, 0) is 72.1 Å². The summed E-state index contributed by atoms with van der Waals surface area (Å²) in [6.07, 6.45) is 2.22. The van der Waals surface area contributed by atoms with Crippen LogP contribution in [-0.2, 0) is 0 Å². The largest absolute Gasteiger partial charge is 0.378 e. The molecule has 1 aliphatic carbocycles. The van der Waals surface area contributed by atoms with E-state index in [4.69, 9.17) is 0 Å². The highest BCUT2D eigenvalue weighted by Gasteiger charge is 2.23. The summed E-state index contributed by atoms with van der Waals surface area (Å²) in [6.45, 7) is 2.13. The average molecular weight is 365 g/mol. The van der Waals surface area contributed by atoms with Crippen LogP contribution in [0.4, 0.5) is 5.69 Å². The van der Waals surface area contributed by atoms with E-state index in [1.165, 1.54) is 4.88 Å². The van der Waals surface area contributed by atoms with Gasteiger partial charge in [-0.1, -0.05) is 0 Å². The average Bonchev–Trinajstić information content (AvgIpc) is 3.17. The minimum Gasteiger partial charge on any atom is -0.378 e. The molecule has 1 unspecified atom stereocenters. The summed E-state index contributed by atoms with van der Waals surface area (Å²) in [5, 5.41) is 6.44. The van der Waals surface area contributed by atoms with Crippen molar-refractivity contribution in [1.29, 1.82) is 0 Å². The summed E-state index contributed by atoms with van der Waals surface area (Å²) < 4.78 is 1.14. The Balaban J connectivity index is 1.62. The van der Waals surface area contributed by atoms with E-state index in [2.05, 4.69) is 45.6 Å². The van der Waals surface area contributed by atoms with Gasteiger partial charge in [0.25, 0.3) is 5.91 Å². The first-order valence-electron chi connectivity index (χ1n) is 7.04. The second-order valence-electron chi connectivity index (χ2n) is 5.33. The molecule has 0 aliphatic heterocycles. The van der Waals surface area contributed by atoms with Gasteiger partial charge in [0.05, 0.1) is 9.83 Å². The fourth-order valence-electron chi connectivity index (χ4n) is 2.10. The highest BCUT2D eigenvalue weighted by Crippen LogP contribution is 2.29. The van der Waals surface area contributed by atoms with Crippen molar-refractivity contribution in [3.05, 3.63) is 50.6 Å². The second kappa shape index (κ2) is 6.20. The van der Waals surface area contributed by atoms with Crippen LogP contribution in [-0.4, -0.2) is 11.9 Å². The summed E-state index contributed by atoms with van der Waals surface area (Å²) in [6, 6.07) is 12.5. The summed E-state index contributed by atoms with van der Waals surface area (Å²) in [4.78, 5) is 13.2. The minimum atomic E-state index is 0.0271. The minimum absolute atomic E-state index is 0.0271. The van der Waals surface area contributed by atoms with Gasteiger partial charge in [0.1, 0.15) is 0 Å². The first-order chi connectivity index (χ1) is 10.1. The second-order valence-corrected chi connectivity index (χ2v) is 7.83. The zero-order valence-electron chi connectivity index (χ0n) is 11.7. The van der Waals surface area contributed by atoms with Gasteiger partial charge in [0.2, 0.25) is 0 Å². The molecule has 1 aliphatic rings. The summed E-state index contributed by atoms with van der Waals surface area (Å²) >= 11 is 5.21. The van der Waals surface area contributed by atoms with E-state index in [9.17, 15) is 4.79 Å². The lowest BCUT2D eigenvalue weighted by atomic mass is 10.1. The van der Waals surface area contributed by atoms with Crippen LogP contribution < -0.4 is 10.6 Å². The van der Waals surface area contributed by atoms with Crippen molar-refractivity contribution >= 4 is 38.9 Å². The third-order valence-corrected chi connectivity index (χ3v) is 5.27. The van der Waals surface area contributed by atoms with Gasteiger partial charge >= 0.3 is 0 Å². The smallest absolute Gasteiger partial charge is 0.251 e. The summed E-state index contributed by atoms with van der Waals surface area (Å²) in [5.74, 6) is 0.0271. The Morgan fingerprint density at radius 1 is 1.24 bits per heavy atom. The van der Waals surface area contributed by atoms with E-state index >= 15 is 0 Å². The Bertz CT molecular complexity index is 634. The Labute approximate surface area is 136 Å². The van der Waals surface area contributed by atoms with Crippen molar-refractivity contribution in [3.8, 4) is 0 Å². The van der Waals surface area contributed by atoms with Crippen LogP contribution >= 0.6 is 27.3 Å². The molecule has 1 fully saturated rings. The zero-order valence-corrected chi connectivity index (χ0v) is 14.1. The number of amides is 1. The van der Waals surface area contributed by atoms with Gasteiger partial charge in [0, 0.05) is 22.2 Å². The first kappa shape index (κ1) is 14.6. The molecular weight excluding hydrogens is 348 g/mol. The lowest BCUT2D eigenvalue weighted by molar-refractivity contribution is 0.0951. The molecule has 1 aromatic carbocycles. The van der Waals surface area contributed by atoms with Crippen LogP contribution in [0.25, 0.3) is 0 Å². The van der Waals surface area contributed by atoms with Gasteiger partial charge in [-0.25, -0.2) is 0 Å². The van der Waals surface area contributed by atoms with Gasteiger partial charge in [-0.2, -0.15) is 0 Å². The Morgan fingerprint density at radius 3 is 2.52 bits per heavy atom. The van der Waals surface area contributed by atoms with E-state index in [1.54, 1.807) is 11.3 Å². The van der Waals surface area contributed by atoms with Crippen LogP contribution in [0.1, 0.15) is 41.0 Å². The van der Waals surface area contributed by atoms with Crippen LogP contribution in [0.3, 0.4) is 0 Å². The lowest BCUT2D eigenvalue weighted by Crippen LogP contribution is -2.25. The number of thiophene rings is 1. The number of anilines is 1. The maximum absolute atomic E-state index is 11.9. The quantitative estimate of drug-likeness (QED) is 0.815. The zero-order chi connectivity index (χ0) is 14.8. The molecule has 1 heterocycles. The van der Waals surface area contributed by atoms with Gasteiger partial charge in [0.15, 0.2) is 0 Å². The number of benzene rings is 1. The molecule has 0 radical (unpaired) electrons. The molecule has 0 bridgehead atoms. The molecule has 1 saturated carbocycles. The number of carbonyl (C=O) groups is 1. The molecule has 1 amide bonds. The predicted molar refractivity (Wildman–Crippen MR) is 91.0 cm³/mol. The number of nitrogens with one attached hydrogen (secondary N) is 2. The van der Waals surface area contributed by atoms with Gasteiger partial charge in [-0.3, -0.25) is 4.79 Å². The number of halogens is 1. The highest BCUT2D eigenvalue weighted by atomic mass is 79.9. The van der Waals surface area contributed by atoms with E-state index in [0.717, 1.165) is 27.9 Å². The monoisotopic (exact) mass is 364 g/mol. The van der Waals surface area contributed by atoms with Crippen LogP contribution in [0.15, 0.2) is 40.2 Å². The van der Waals surface area contributed by atoms with Gasteiger partial charge in [-0.15, -0.1) is 11.3 Å². The molecule has 21 heavy (non-hydrogen) atoms. The molecule has 3 nitrogen and oxygen atoms in total. The third-order valence-electron chi connectivity index (χ3n) is 3.46. The molecule has 0 spiro atoms.